The minimum absolute atomic E-state index is 0.169. The maximum atomic E-state index is 10.1. The lowest BCUT2D eigenvalue weighted by Crippen LogP contribution is -2.43. The van der Waals surface area contributed by atoms with Crippen molar-refractivity contribution >= 4 is 5.97 Å². The zero-order valence-corrected chi connectivity index (χ0v) is 5.73. The summed E-state index contributed by atoms with van der Waals surface area (Å²) in [6.07, 6.45) is 2.99. The van der Waals surface area contributed by atoms with Gasteiger partial charge in [0.2, 0.25) is 0 Å². The lowest BCUT2D eigenvalue weighted by atomic mass is 10.2. The molecule has 60 valence electrons. The fraction of sp³-hybridized carbons (Fsp3) is 0.333. The summed E-state index contributed by atoms with van der Waals surface area (Å²) in [5, 5.41) is 10.1. The molecule has 2 N–H and O–H groups in total. The molecule has 0 aliphatic rings. The van der Waals surface area contributed by atoms with Gasteiger partial charge in [-0.15, -0.1) is 0 Å². The fourth-order valence-corrected chi connectivity index (χ4v) is 0.674. The minimum Gasteiger partial charge on any atom is -0.548 e. The first-order valence-electron chi connectivity index (χ1n) is 3.08. The molecule has 0 unspecified atom stereocenters. The molecule has 0 saturated heterocycles. The molecule has 0 aromatic carbocycles. The molecule has 0 amide bonds. The smallest absolute Gasteiger partial charge is 0.0585 e. The van der Waals surface area contributed by atoms with Crippen LogP contribution in [0, 0.1) is 0 Å². The first kappa shape index (κ1) is 7.74. The van der Waals surface area contributed by atoms with Crippen LogP contribution in [0.1, 0.15) is 5.69 Å². The van der Waals surface area contributed by atoms with Gasteiger partial charge in [0.1, 0.15) is 0 Å². The quantitative estimate of drug-likeness (QED) is 0.525. The number of hydrogen-bond acceptors (Lipinski definition) is 4. The van der Waals surface area contributed by atoms with Crippen LogP contribution in [0.25, 0.3) is 0 Å². The zero-order chi connectivity index (χ0) is 8.27. The number of imidazole rings is 1. The molecule has 1 atom stereocenters. The molecular formula is C6H7N3O2-2. The van der Waals surface area contributed by atoms with Crippen LogP contribution in [-0.4, -0.2) is 17.0 Å². The summed E-state index contributed by atoms with van der Waals surface area (Å²) < 4.78 is 0. The molecule has 0 saturated carbocycles. The van der Waals surface area contributed by atoms with Crippen LogP contribution >= 0.6 is 0 Å². The monoisotopic (exact) mass is 153 g/mol. The van der Waals surface area contributed by atoms with Crippen LogP contribution in [0.5, 0.6) is 0 Å². The van der Waals surface area contributed by atoms with E-state index in [1.54, 1.807) is 0 Å². The Kier molecular flexibility index (Phi) is 2.22. The molecule has 1 aromatic heterocycles. The Hall–Kier alpha value is -1.36. The predicted octanol–water partition coefficient (Wildman–Crippen LogP) is -2.34. The van der Waals surface area contributed by atoms with Crippen LogP contribution in [0.2, 0.25) is 0 Å². The molecule has 0 bridgehead atoms. The first-order chi connectivity index (χ1) is 5.20. The molecule has 5 nitrogen and oxygen atoms in total. The Bertz CT molecular complexity index is 232. The molecule has 11 heavy (non-hydrogen) atoms. The highest BCUT2D eigenvalue weighted by atomic mass is 16.4. The van der Waals surface area contributed by atoms with Crippen molar-refractivity contribution in [1.29, 1.82) is 0 Å². The second kappa shape index (κ2) is 3.16. The van der Waals surface area contributed by atoms with Gasteiger partial charge in [0.05, 0.1) is 5.97 Å². The minimum atomic E-state index is -1.27. The Morgan fingerprint density at radius 1 is 1.91 bits per heavy atom. The number of nitrogens with two attached hydrogens (primary N) is 1. The second-order valence-electron chi connectivity index (χ2n) is 2.14. The molecule has 0 spiro atoms. The van der Waals surface area contributed by atoms with E-state index >= 15 is 0 Å². The highest BCUT2D eigenvalue weighted by molar-refractivity contribution is 5.71. The van der Waals surface area contributed by atoms with E-state index in [-0.39, 0.29) is 6.42 Å². The van der Waals surface area contributed by atoms with Crippen molar-refractivity contribution in [2.45, 2.75) is 12.5 Å². The Morgan fingerprint density at radius 3 is 3.09 bits per heavy atom. The average Bonchev–Trinajstić information content (AvgIpc) is 2.39. The largest absolute Gasteiger partial charge is 0.548 e. The van der Waals surface area contributed by atoms with E-state index < -0.39 is 12.0 Å². The summed E-state index contributed by atoms with van der Waals surface area (Å²) >= 11 is 0. The number of hydrogen-bond donors (Lipinski definition) is 1. The van der Waals surface area contributed by atoms with Crippen LogP contribution < -0.4 is 15.8 Å². The molecule has 0 aliphatic carbocycles. The van der Waals surface area contributed by atoms with Gasteiger partial charge in [0.15, 0.2) is 0 Å². The highest BCUT2D eigenvalue weighted by Gasteiger charge is 2.01. The van der Waals surface area contributed by atoms with Gasteiger partial charge >= 0.3 is 0 Å². The molecule has 1 rings (SSSR count). The van der Waals surface area contributed by atoms with Crippen molar-refractivity contribution in [2.75, 3.05) is 0 Å². The third kappa shape index (κ3) is 2.05. The molecule has 1 aromatic rings. The van der Waals surface area contributed by atoms with Crippen LogP contribution in [-0.2, 0) is 11.2 Å². The normalized spacial score (nSPS) is 12.8. The van der Waals surface area contributed by atoms with E-state index in [1.165, 1.54) is 12.5 Å². The third-order valence-electron chi connectivity index (χ3n) is 1.25. The van der Waals surface area contributed by atoms with Gasteiger partial charge in [0.25, 0.3) is 0 Å². The number of carbonyl (C=O) groups is 1. The lowest BCUT2D eigenvalue weighted by molar-refractivity contribution is -0.307. The summed E-state index contributed by atoms with van der Waals surface area (Å²) in [6.45, 7) is 0. The standard InChI is InChI=1S/C6H9N3O2/c7-5(6(10)11)1-4-2-8-3-9-4/h2-3,5H,1,7H2,(H2,8,9,10,11)/p-2/t5-/m0/s1. The maximum Gasteiger partial charge on any atom is 0.0585 e. The molecule has 0 fully saturated rings. The number of aromatic nitrogens is 2. The average molecular weight is 153 g/mol. The van der Waals surface area contributed by atoms with E-state index in [0.717, 1.165) is 0 Å². The molecule has 0 radical (unpaired) electrons. The third-order valence-corrected chi connectivity index (χ3v) is 1.25. The van der Waals surface area contributed by atoms with Crippen molar-refractivity contribution in [3.05, 3.63) is 18.2 Å². The van der Waals surface area contributed by atoms with E-state index in [9.17, 15) is 9.90 Å². The summed E-state index contributed by atoms with van der Waals surface area (Å²) in [5.74, 6) is -1.27. The topological polar surface area (TPSA) is 93.1 Å². The van der Waals surface area contributed by atoms with Crippen LogP contribution in [0.4, 0.5) is 0 Å². The van der Waals surface area contributed by atoms with Crippen LogP contribution in [0.15, 0.2) is 12.5 Å². The van der Waals surface area contributed by atoms with Crippen molar-refractivity contribution < 1.29 is 9.90 Å². The Balaban J connectivity index is 2.50. The second-order valence-corrected chi connectivity index (χ2v) is 2.14. The van der Waals surface area contributed by atoms with Gasteiger partial charge in [-0.2, -0.15) is 0 Å². The molecule has 1 heterocycles. The number of carboxylic acid groups (broad SMARTS) is 1. The van der Waals surface area contributed by atoms with Gasteiger partial charge in [0, 0.05) is 6.04 Å². The molecular weight excluding hydrogens is 146 g/mol. The fourth-order valence-electron chi connectivity index (χ4n) is 0.674. The lowest BCUT2D eigenvalue weighted by Gasteiger charge is -2.11. The summed E-state index contributed by atoms with van der Waals surface area (Å²) in [7, 11) is 0. The SMILES string of the molecule is N[C@@H](Cc1c[n-]cn1)C(=O)[O-]. The van der Waals surface area contributed by atoms with Gasteiger partial charge in [-0.3, -0.25) is 0 Å². The van der Waals surface area contributed by atoms with E-state index in [0.29, 0.717) is 5.69 Å². The summed E-state index contributed by atoms with van der Waals surface area (Å²) in [5.41, 5.74) is 5.75. The van der Waals surface area contributed by atoms with Crippen molar-refractivity contribution in [3.63, 3.8) is 0 Å². The van der Waals surface area contributed by atoms with E-state index in [1.807, 2.05) is 0 Å². The number of nitrogens with zero attached hydrogens (tertiary/aromatic N) is 2. The zero-order valence-electron chi connectivity index (χ0n) is 5.73. The number of carbonyl (C=O) groups excluding carboxylic acids is 1. The Labute approximate surface area is 63.3 Å². The Morgan fingerprint density at radius 2 is 2.64 bits per heavy atom. The van der Waals surface area contributed by atoms with Gasteiger partial charge in [-0.25, -0.2) is 0 Å². The van der Waals surface area contributed by atoms with Crippen molar-refractivity contribution in [2.24, 2.45) is 5.73 Å². The summed E-state index contributed by atoms with van der Waals surface area (Å²) in [6, 6.07) is -0.994. The predicted molar refractivity (Wildman–Crippen MR) is 34.2 cm³/mol. The number of aliphatic carboxylic acids is 1. The molecule has 0 aliphatic heterocycles. The number of carboxylic acids is 1. The number of rotatable bonds is 3. The highest BCUT2D eigenvalue weighted by Crippen LogP contribution is 1.93. The van der Waals surface area contributed by atoms with E-state index in [4.69, 9.17) is 5.73 Å². The van der Waals surface area contributed by atoms with Crippen molar-refractivity contribution in [3.8, 4) is 0 Å². The van der Waals surface area contributed by atoms with Crippen LogP contribution in [0.3, 0.4) is 0 Å². The van der Waals surface area contributed by atoms with Gasteiger partial charge in [-0.05, 0) is 6.42 Å². The summed E-state index contributed by atoms with van der Waals surface area (Å²) in [4.78, 5) is 17.6. The maximum absolute atomic E-state index is 10.1. The van der Waals surface area contributed by atoms with Crippen molar-refractivity contribution in [1.82, 2.24) is 9.97 Å². The van der Waals surface area contributed by atoms with Gasteiger partial charge < -0.3 is 25.6 Å². The van der Waals surface area contributed by atoms with Gasteiger partial charge in [-0.1, -0.05) is 18.2 Å². The van der Waals surface area contributed by atoms with E-state index in [2.05, 4.69) is 9.97 Å². The first-order valence-corrected chi connectivity index (χ1v) is 3.08. The molecule has 5 heteroatoms.